The van der Waals surface area contributed by atoms with Gasteiger partial charge in [0.15, 0.2) is 0 Å². The number of alkyl halides is 2. The maximum Gasteiger partial charge on any atom is 0.400 e. The van der Waals surface area contributed by atoms with E-state index in [1.165, 1.54) is 12.1 Å². The van der Waals surface area contributed by atoms with E-state index < -0.39 is 24.0 Å². The lowest BCUT2D eigenvalue weighted by Crippen LogP contribution is -2.12. The first-order chi connectivity index (χ1) is 14.9. The molecule has 3 aromatic rings. The van der Waals surface area contributed by atoms with Crippen molar-refractivity contribution < 1.29 is 32.7 Å². The Hall–Kier alpha value is -1.55. The predicted molar refractivity (Wildman–Crippen MR) is 122 cm³/mol. The second-order valence-corrected chi connectivity index (χ2v) is 11.3. The van der Waals surface area contributed by atoms with E-state index in [0.29, 0.717) is 27.8 Å². The molecule has 0 spiro atoms. The number of rotatable bonds is 7. The quantitative estimate of drug-likeness (QED) is 0.300. The lowest BCUT2D eigenvalue weighted by atomic mass is 10.1. The van der Waals surface area contributed by atoms with Gasteiger partial charge < -0.3 is 20.3 Å². The van der Waals surface area contributed by atoms with Gasteiger partial charge in [-0.05, 0) is 58.5 Å². The zero-order valence-electron chi connectivity index (χ0n) is 16.1. The van der Waals surface area contributed by atoms with Crippen molar-refractivity contribution in [2.24, 2.45) is 5.73 Å². The van der Waals surface area contributed by atoms with E-state index in [1.54, 1.807) is 0 Å². The average molecular weight is 567 g/mol. The Morgan fingerprint density at radius 1 is 1.31 bits per heavy atom. The van der Waals surface area contributed by atoms with Crippen molar-refractivity contribution in [2.75, 3.05) is 0 Å². The molecule has 0 unspecified atom stereocenters. The summed E-state index contributed by atoms with van der Waals surface area (Å²) < 4.78 is 46.0. The number of fused-ring (bicyclic) bond motifs is 1. The number of hydrogen-bond acceptors (Lipinski definition) is 4. The van der Waals surface area contributed by atoms with Crippen molar-refractivity contribution >= 4 is 62.5 Å². The number of halogens is 4. The number of carbonyl (C=O) groups excluding carboxylic acids is 1. The fourth-order valence-electron chi connectivity index (χ4n) is 3.22. The average Bonchev–Trinajstić information content (AvgIpc) is 3.49. The molecule has 1 amide bonds. The van der Waals surface area contributed by atoms with Crippen molar-refractivity contribution in [2.45, 2.75) is 31.0 Å². The van der Waals surface area contributed by atoms with Gasteiger partial charge in [0, 0.05) is 26.0 Å². The molecule has 12 heteroatoms. The van der Waals surface area contributed by atoms with Gasteiger partial charge in [-0.25, -0.2) is 0 Å². The summed E-state index contributed by atoms with van der Waals surface area (Å²) in [7, 11) is -5.80. The Bertz CT molecular complexity index is 1290. The molecule has 2 aromatic carbocycles. The number of hydrogen-bond donors (Lipinski definition) is 3. The van der Waals surface area contributed by atoms with Crippen LogP contribution >= 0.6 is 46.5 Å². The van der Waals surface area contributed by atoms with Crippen LogP contribution in [0.1, 0.15) is 45.1 Å². The highest BCUT2D eigenvalue weighted by Gasteiger charge is 2.53. The molecule has 6 nitrogen and oxygen atoms in total. The van der Waals surface area contributed by atoms with Crippen LogP contribution in [0.4, 0.5) is 8.78 Å². The molecule has 0 radical (unpaired) electrons. The van der Waals surface area contributed by atoms with Crippen LogP contribution in [0.5, 0.6) is 5.75 Å². The first-order valence-electron chi connectivity index (χ1n) is 9.31. The Balaban J connectivity index is 1.75. The fourth-order valence-corrected chi connectivity index (χ4v) is 6.44. The normalized spacial score (nSPS) is 14.7. The zero-order chi connectivity index (χ0) is 23.4. The summed E-state index contributed by atoms with van der Waals surface area (Å²) in [5, 5.41) is 0.623. The van der Waals surface area contributed by atoms with Gasteiger partial charge in [0.1, 0.15) is 17.2 Å². The largest absolute Gasteiger partial charge is 0.487 e. The molecule has 1 aromatic heterocycles. The van der Waals surface area contributed by atoms with Crippen LogP contribution in [0.25, 0.3) is 10.1 Å². The van der Waals surface area contributed by atoms with Crippen molar-refractivity contribution in [3.63, 3.8) is 0 Å². The minimum absolute atomic E-state index is 0.00720. The van der Waals surface area contributed by atoms with E-state index in [1.807, 2.05) is 18.2 Å². The van der Waals surface area contributed by atoms with Gasteiger partial charge in [-0.1, -0.05) is 23.7 Å². The summed E-state index contributed by atoms with van der Waals surface area (Å²) in [6.45, 7) is -0.0131. The monoisotopic (exact) mass is 565 g/mol. The van der Waals surface area contributed by atoms with Gasteiger partial charge in [-0.3, -0.25) is 9.36 Å². The van der Waals surface area contributed by atoms with E-state index >= 15 is 0 Å². The molecule has 1 fully saturated rings. The number of primary amides is 1. The highest BCUT2D eigenvalue weighted by molar-refractivity contribution is 9.10. The third kappa shape index (κ3) is 4.32. The van der Waals surface area contributed by atoms with E-state index in [-0.39, 0.29) is 32.5 Å². The van der Waals surface area contributed by atoms with Gasteiger partial charge in [-0.2, -0.15) is 8.78 Å². The summed E-state index contributed by atoms with van der Waals surface area (Å²) >= 11 is 9.81. The first kappa shape index (κ1) is 23.6. The molecule has 170 valence electrons. The molecule has 1 heterocycles. The number of nitrogens with two attached hydrogens (primary N) is 1. The van der Waals surface area contributed by atoms with E-state index in [0.717, 1.165) is 18.4 Å². The number of carbonyl (C=O) groups is 1. The van der Waals surface area contributed by atoms with Gasteiger partial charge in [0.2, 0.25) is 5.91 Å². The summed E-state index contributed by atoms with van der Waals surface area (Å²) in [6, 6.07) is 8.22. The van der Waals surface area contributed by atoms with E-state index in [9.17, 15) is 18.1 Å². The lowest BCUT2D eigenvalue weighted by Gasteiger charge is -2.16. The van der Waals surface area contributed by atoms with Crippen LogP contribution in [-0.4, -0.2) is 15.7 Å². The third-order valence-corrected chi connectivity index (χ3v) is 8.96. The van der Waals surface area contributed by atoms with Gasteiger partial charge >= 0.3 is 13.3 Å². The van der Waals surface area contributed by atoms with E-state index in [2.05, 4.69) is 15.9 Å². The predicted octanol–water partition coefficient (Wildman–Crippen LogP) is 6.10. The highest BCUT2D eigenvalue weighted by atomic mass is 79.9. The summed E-state index contributed by atoms with van der Waals surface area (Å²) in [5.74, 6) is -0.228. The minimum atomic E-state index is -5.80. The van der Waals surface area contributed by atoms with Gasteiger partial charge in [0.25, 0.3) is 0 Å². The zero-order valence-corrected chi connectivity index (χ0v) is 20.2. The molecule has 0 bridgehead atoms. The molecule has 1 saturated carbocycles. The van der Waals surface area contributed by atoms with Gasteiger partial charge in [0.05, 0.1) is 4.70 Å². The van der Waals surface area contributed by atoms with Crippen LogP contribution in [-0.2, 0) is 16.8 Å². The fraction of sp³-hybridized carbons (Fsp3) is 0.250. The summed E-state index contributed by atoms with van der Waals surface area (Å²) in [4.78, 5) is 29.2. The van der Waals surface area contributed by atoms with Gasteiger partial charge in [-0.15, -0.1) is 11.3 Å². The van der Waals surface area contributed by atoms with Crippen molar-refractivity contribution in [3.05, 3.63) is 61.4 Å². The molecule has 0 saturated heterocycles. The first-order valence-corrected chi connectivity index (χ1v) is 12.9. The van der Waals surface area contributed by atoms with Crippen LogP contribution < -0.4 is 10.5 Å². The molecule has 32 heavy (non-hydrogen) atoms. The molecular formula is C20H16BrClF2NO5PS. The summed E-state index contributed by atoms with van der Waals surface area (Å²) in [6.07, 6.45) is 2.25. The van der Waals surface area contributed by atoms with Crippen LogP contribution in [0.2, 0.25) is 5.02 Å². The molecule has 1 aliphatic rings. The van der Waals surface area contributed by atoms with Crippen LogP contribution in [0.3, 0.4) is 0 Å². The third-order valence-electron chi connectivity index (χ3n) is 5.13. The molecule has 4 N–H and O–H groups in total. The summed E-state index contributed by atoms with van der Waals surface area (Å²) in [5.41, 5.74) is 2.73. The van der Waals surface area contributed by atoms with Crippen molar-refractivity contribution in [1.82, 2.24) is 0 Å². The lowest BCUT2D eigenvalue weighted by molar-refractivity contribution is 0.0595. The van der Waals surface area contributed by atoms with Crippen LogP contribution in [0, 0.1) is 0 Å². The Morgan fingerprint density at radius 3 is 2.56 bits per heavy atom. The second-order valence-electron chi connectivity index (χ2n) is 7.46. The van der Waals surface area contributed by atoms with Crippen molar-refractivity contribution in [1.29, 1.82) is 0 Å². The smallest absolute Gasteiger partial charge is 0.400 e. The molecule has 1 aliphatic carbocycles. The number of thiophene rings is 1. The Labute approximate surface area is 198 Å². The maximum atomic E-state index is 14.4. The Kier molecular flexibility index (Phi) is 6.15. The molecule has 0 atom stereocenters. The Morgan fingerprint density at radius 2 is 2.00 bits per heavy atom. The number of benzene rings is 2. The minimum Gasteiger partial charge on any atom is -0.487 e. The maximum absolute atomic E-state index is 14.4. The van der Waals surface area contributed by atoms with E-state index in [4.69, 9.17) is 31.9 Å². The highest BCUT2D eigenvalue weighted by Crippen LogP contribution is 2.63. The molecular weight excluding hydrogens is 551 g/mol. The SMILES string of the molecule is NC(=O)c1cc(OCc2ccc(C3CC3)cc2Cl)c2sc(C(F)(F)P(=O)(O)O)c(Br)c2c1. The standard InChI is InChI=1S/C20H16BrClF2NO5PS/c21-16-13-5-12(19(25)26)7-15(17(13)32-18(16)20(23,24)31(27,28)29)30-8-11-4-3-10(6-14(11)22)9-1-2-9/h3-7,9H,1-2,8H2,(H2,25,26)(H2,27,28,29). The topological polar surface area (TPSA) is 110 Å². The molecule has 4 rings (SSSR count). The second kappa shape index (κ2) is 8.34. The number of amides is 1. The molecule has 0 aliphatic heterocycles. The van der Waals surface area contributed by atoms with Crippen molar-refractivity contribution in [3.8, 4) is 5.75 Å². The number of ether oxygens (including phenoxy) is 1. The van der Waals surface area contributed by atoms with Crippen LogP contribution in [0.15, 0.2) is 34.8 Å².